The Morgan fingerprint density at radius 1 is 0.885 bits per heavy atom. The highest BCUT2D eigenvalue weighted by Crippen LogP contribution is 2.39. The number of ether oxygens (including phenoxy) is 2. The van der Waals surface area contributed by atoms with Gasteiger partial charge in [-0.25, -0.2) is 9.59 Å². The van der Waals surface area contributed by atoms with Crippen LogP contribution in [0.15, 0.2) is 46.8 Å². The molecular weight excluding hydrogens is 332 g/mol. The van der Waals surface area contributed by atoms with Crippen molar-refractivity contribution in [2.24, 2.45) is 0 Å². The number of dihydropyridines is 1. The van der Waals surface area contributed by atoms with Gasteiger partial charge in [-0.1, -0.05) is 12.1 Å². The van der Waals surface area contributed by atoms with Crippen LogP contribution < -0.4 is 9.80 Å². The number of nitrogens with zero attached hydrogens (tertiary/aromatic N) is 1. The van der Waals surface area contributed by atoms with E-state index in [-0.39, 0.29) is 0 Å². The van der Waals surface area contributed by atoms with Gasteiger partial charge in [-0.05, 0) is 31.5 Å². The first-order chi connectivity index (χ1) is 12.1. The molecule has 0 aliphatic carbocycles. The largest absolute Gasteiger partial charge is 0.466 e. The molecular formula is C20H27N2O4+. The van der Waals surface area contributed by atoms with Crippen molar-refractivity contribution in [1.29, 1.82) is 0 Å². The highest BCUT2D eigenvalue weighted by Gasteiger charge is 2.37. The van der Waals surface area contributed by atoms with Crippen LogP contribution in [0.3, 0.4) is 0 Å². The van der Waals surface area contributed by atoms with Crippen LogP contribution in [0.2, 0.25) is 0 Å². The molecule has 1 heterocycles. The summed E-state index contributed by atoms with van der Waals surface area (Å²) in [5.74, 6) is -1.48. The molecule has 1 aromatic rings. The van der Waals surface area contributed by atoms with Gasteiger partial charge in [0.1, 0.15) is 5.69 Å². The van der Waals surface area contributed by atoms with E-state index in [4.69, 9.17) is 9.47 Å². The molecule has 0 amide bonds. The summed E-state index contributed by atoms with van der Waals surface area (Å²) in [7, 11) is 8.90. The lowest BCUT2D eigenvalue weighted by Crippen LogP contribution is -2.35. The summed E-state index contributed by atoms with van der Waals surface area (Å²) in [6.07, 6.45) is 0. The second-order valence-electron chi connectivity index (χ2n) is 7.22. The number of benzene rings is 1. The van der Waals surface area contributed by atoms with E-state index < -0.39 is 17.9 Å². The van der Waals surface area contributed by atoms with E-state index in [1.807, 2.05) is 24.3 Å². The summed E-state index contributed by atoms with van der Waals surface area (Å²) >= 11 is 0. The standard InChI is InChI=1S/C20H26N2O4/c1-12-16(19(23)25-6)18(17(13(2)21-12)20(24)26-7)14-8-10-15(11-9-14)22(3,4)5/h8-11,18H,1-7H3/p+1. The molecule has 0 saturated carbocycles. The molecule has 1 aromatic carbocycles. The van der Waals surface area contributed by atoms with Gasteiger partial charge in [0.25, 0.3) is 0 Å². The minimum absolute atomic E-state index is 0.413. The van der Waals surface area contributed by atoms with E-state index in [2.05, 4.69) is 26.5 Å². The molecule has 6 heteroatoms. The van der Waals surface area contributed by atoms with Crippen molar-refractivity contribution in [3.05, 3.63) is 52.4 Å². The van der Waals surface area contributed by atoms with Gasteiger partial charge >= 0.3 is 11.9 Å². The maximum atomic E-state index is 12.5. The second kappa shape index (κ2) is 7.33. The lowest BCUT2D eigenvalue weighted by molar-refractivity contribution is -0.137. The smallest absolute Gasteiger partial charge is 0.336 e. The first-order valence-electron chi connectivity index (χ1n) is 8.39. The second-order valence-corrected chi connectivity index (χ2v) is 7.22. The Bertz CT molecular complexity index is 745. The van der Waals surface area contributed by atoms with E-state index in [9.17, 15) is 9.59 Å². The van der Waals surface area contributed by atoms with Crippen molar-refractivity contribution in [2.45, 2.75) is 19.8 Å². The first kappa shape index (κ1) is 19.7. The fourth-order valence-electron chi connectivity index (χ4n) is 3.20. The first-order valence-corrected chi connectivity index (χ1v) is 8.39. The molecule has 1 aliphatic rings. The van der Waals surface area contributed by atoms with E-state index in [1.165, 1.54) is 14.2 Å². The average Bonchev–Trinajstić information content (AvgIpc) is 2.59. The average molecular weight is 359 g/mol. The highest BCUT2D eigenvalue weighted by molar-refractivity contribution is 5.99. The van der Waals surface area contributed by atoms with Crippen LogP contribution in [0.1, 0.15) is 25.3 Å². The van der Waals surface area contributed by atoms with Gasteiger partial charge in [-0.3, -0.25) is 4.48 Å². The zero-order valence-electron chi connectivity index (χ0n) is 16.5. The molecule has 0 aromatic heterocycles. The fraction of sp³-hybridized carbons (Fsp3) is 0.400. The Labute approximate surface area is 154 Å². The number of methoxy groups -OCH3 is 2. The van der Waals surface area contributed by atoms with Crippen molar-refractivity contribution in [3.8, 4) is 0 Å². The van der Waals surface area contributed by atoms with E-state index in [0.717, 1.165) is 11.3 Å². The molecule has 0 radical (unpaired) electrons. The maximum Gasteiger partial charge on any atom is 0.336 e. The quantitative estimate of drug-likeness (QED) is 0.661. The van der Waals surface area contributed by atoms with Gasteiger partial charge in [0.15, 0.2) is 0 Å². The van der Waals surface area contributed by atoms with Crippen LogP contribution in [0.4, 0.5) is 5.69 Å². The number of hydrogen-bond acceptors (Lipinski definition) is 5. The van der Waals surface area contributed by atoms with Crippen LogP contribution >= 0.6 is 0 Å². The summed E-state index contributed by atoms with van der Waals surface area (Å²) in [4.78, 5) is 24.9. The van der Waals surface area contributed by atoms with Gasteiger partial charge in [0, 0.05) is 11.4 Å². The Morgan fingerprint density at radius 2 is 1.31 bits per heavy atom. The minimum atomic E-state index is -0.544. The maximum absolute atomic E-state index is 12.5. The Morgan fingerprint density at radius 3 is 1.65 bits per heavy atom. The summed E-state index contributed by atoms with van der Waals surface area (Å²) in [5.41, 5.74) is 4.12. The van der Waals surface area contributed by atoms with Gasteiger partial charge in [-0.2, -0.15) is 0 Å². The third kappa shape index (κ3) is 3.65. The number of allylic oxidation sites excluding steroid dienone is 2. The molecule has 140 valence electrons. The van der Waals surface area contributed by atoms with Crippen LogP contribution in [-0.4, -0.2) is 47.3 Å². The molecule has 0 spiro atoms. The van der Waals surface area contributed by atoms with Crippen molar-refractivity contribution >= 4 is 17.6 Å². The van der Waals surface area contributed by atoms with Gasteiger partial charge in [-0.15, -0.1) is 0 Å². The molecule has 0 unspecified atom stereocenters. The third-order valence-corrected chi connectivity index (χ3v) is 4.57. The Hall–Kier alpha value is -2.60. The normalized spacial score (nSPS) is 15.7. The third-order valence-electron chi connectivity index (χ3n) is 4.57. The van der Waals surface area contributed by atoms with E-state index in [0.29, 0.717) is 27.0 Å². The summed E-state index contributed by atoms with van der Waals surface area (Å²) in [5, 5.41) is 3.10. The van der Waals surface area contributed by atoms with Gasteiger partial charge in [0.05, 0.1) is 52.4 Å². The molecule has 1 N–H and O–H groups in total. The molecule has 2 rings (SSSR count). The van der Waals surface area contributed by atoms with Crippen molar-refractivity contribution < 1.29 is 19.1 Å². The van der Waals surface area contributed by atoms with Crippen LogP contribution in [-0.2, 0) is 19.1 Å². The Balaban J connectivity index is 2.64. The number of hydrogen-bond donors (Lipinski definition) is 1. The van der Waals surface area contributed by atoms with E-state index in [1.54, 1.807) is 13.8 Å². The molecule has 1 aliphatic heterocycles. The van der Waals surface area contributed by atoms with Crippen molar-refractivity contribution in [2.75, 3.05) is 35.4 Å². The van der Waals surface area contributed by atoms with Crippen molar-refractivity contribution in [1.82, 2.24) is 9.80 Å². The summed E-state index contributed by atoms with van der Waals surface area (Å²) in [6.45, 7) is 3.61. The number of rotatable bonds is 4. The number of esters is 2. The van der Waals surface area contributed by atoms with Crippen LogP contribution in [0.5, 0.6) is 0 Å². The highest BCUT2D eigenvalue weighted by atomic mass is 16.5. The SMILES string of the molecule is COC(=O)C1=C(C)NC(C)=C(C(=O)OC)C1c1ccc([N+](C)(C)C)cc1. The molecule has 0 bridgehead atoms. The van der Waals surface area contributed by atoms with Crippen LogP contribution in [0.25, 0.3) is 0 Å². The topological polar surface area (TPSA) is 64.6 Å². The molecule has 6 nitrogen and oxygen atoms in total. The monoisotopic (exact) mass is 359 g/mol. The zero-order chi connectivity index (χ0) is 19.6. The fourth-order valence-corrected chi connectivity index (χ4v) is 3.20. The predicted octanol–water partition coefficient (Wildman–Crippen LogP) is 2.46. The number of carbonyl (C=O) groups excluding carboxylic acids is 2. The van der Waals surface area contributed by atoms with Crippen molar-refractivity contribution in [3.63, 3.8) is 0 Å². The molecule has 0 atom stereocenters. The lowest BCUT2D eigenvalue weighted by Gasteiger charge is -2.30. The summed E-state index contributed by atoms with van der Waals surface area (Å²) in [6, 6.07) is 7.90. The van der Waals surface area contributed by atoms with Gasteiger partial charge in [0.2, 0.25) is 0 Å². The summed E-state index contributed by atoms with van der Waals surface area (Å²) < 4.78 is 10.6. The molecule has 26 heavy (non-hydrogen) atoms. The number of quaternary nitrogens is 1. The minimum Gasteiger partial charge on any atom is -0.466 e. The van der Waals surface area contributed by atoms with E-state index >= 15 is 0 Å². The lowest BCUT2D eigenvalue weighted by atomic mass is 9.80. The number of carbonyl (C=O) groups is 2. The van der Waals surface area contributed by atoms with Crippen LogP contribution in [0, 0.1) is 0 Å². The van der Waals surface area contributed by atoms with Gasteiger partial charge < -0.3 is 14.8 Å². The molecule has 0 fully saturated rings. The molecule has 0 saturated heterocycles. The Kier molecular flexibility index (Phi) is 5.56. The number of nitrogens with one attached hydrogen (secondary N) is 1. The predicted molar refractivity (Wildman–Crippen MR) is 101 cm³/mol. The zero-order valence-corrected chi connectivity index (χ0v) is 16.5.